The highest BCUT2D eigenvalue weighted by Crippen LogP contribution is 2.08. The highest BCUT2D eigenvalue weighted by atomic mass is 16.5. The predicted molar refractivity (Wildman–Crippen MR) is 70.8 cm³/mol. The summed E-state index contributed by atoms with van der Waals surface area (Å²) in [6, 6.07) is 3.09. The van der Waals surface area contributed by atoms with Crippen LogP contribution in [0.5, 0.6) is 0 Å². The minimum atomic E-state index is -0.350. The van der Waals surface area contributed by atoms with Crippen LogP contribution in [-0.4, -0.2) is 32.3 Å². The van der Waals surface area contributed by atoms with E-state index >= 15 is 0 Å². The molecule has 0 N–H and O–H groups in total. The van der Waals surface area contributed by atoms with E-state index in [1.54, 1.807) is 25.4 Å². The molecule has 0 aliphatic heterocycles. The Morgan fingerprint density at radius 2 is 2.10 bits per heavy atom. The topological polar surface area (TPSA) is 87.0 Å². The molecule has 0 atom stereocenters. The van der Waals surface area contributed by atoms with Gasteiger partial charge in [-0.3, -0.25) is 9.59 Å². The quantitative estimate of drug-likeness (QED) is 0.744. The van der Waals surface area contributed by atoms with Crippen LogP contribution in [0.2, 0.25) is 0 Å². The van der Waals surface area contributed by atoms with E-state index in [4.69, 9.17) is 4.74 Å². The normalized spacial score (nSPS) is 10.2. The number of ether oxygens (including phenoxy) is 1. The number of hydrogen-bond donors (Lipinski definition) is 0. The Kier molecular flexibility index (Phi) is 4.54. The maximum absolute atomic E-state index is 11.9. The summed E-state index contributed by atoms with van der Waals surface area (Å²) in [5, 5.41) is 4.00. The molecule has 0 amide bonds. The van der Waals surface area contributed by atoms with Crippen LogP contribution >= 0.6 is 0 Å². The Morgan fingerprint density at radius 3 is 2.75 bits per heavy atom. The first-order chi connectivity index (χ1) is 9.70. The highest BCUT2D eigenvalue weighted by molar-refractivity contribution is 5.69. The molecule has 20 heavy (non-hydrogen) atoms. The Morgan fingerprint density at radius 1 is 1.35 bits per heavy atom. The van der Waals surface area contributed by atoms with Crippen molar-refractivity contribution in [3.8, 4) is 11.4 Å². The Hall–Kier alpha value is -2.57. The number of esters is 1. The van der Waals surface area contributed by atoms with E-state index in [2.05, 4.69) is 15.1 Å². The van der Waals surface area contributed by atoms with Gasteiger partial charge in [-0.1, -0.05) is 0 Å². The molecule has 0 fully saturated rings. The van der Waals surface area contributed by atoms with Gasteiger partial charge in [0.05, 0.1) is 25.8 Å². The second-order valence-corrected chi connectivity index (χ2v) is 3.93. The number of carbonyl (C=O) groups is 1. The molecule has 104 valence electrons. The highest BCUT2D eigenvalue weighted by Gasteiger charge is 2.07. The van der Waals surface area contributed by atoms with Crippen LogP contribution in [0.3, 0.4) is 0 Å². The smallest absolute Gasteiger partial charge is 0.307 e. The summed E-state index contributed by atoms with van der Waals surface area (Å²) in [6.07, 6.45) is 4.80. The van der Waals surface area contributed by atoms with E-state index < -0.39 is 0 Å². The summed E-state index contributed by atoms with van der Waals surface area (Å²) >= 11 is 0. The molecule has 0 aliphatic carbocycles. The van der Waals surface area contributed by atoms with Crippen molar-refractivity contribution >= 4 is 5.97 Å². The van der Waals surface area contributed by atoms with Gasteiger partial charge >= 0.3 is 5.97 Å². The van der Waals surface area contributed by atoms with Crippen LogP contribution < -0.4 is 5.56 Å². The van der Waals surface area contributed by atoms with Crippen molar-refractivity contribution in [1.82, 2.24) is 19.7 Å². The molecule has 7 nitrogen and oxygen atoms in total. The van der Waals surface area contributed by atoms with Gasteiger partial charge in [-0.15, -0.1) is 0 Å². The number of rotatable bonds is 5. The molecular weight excluding hydrogens is 260 g/mol. The molecule has 2 aromatic rings. The molecule has 2 heterocycles. The van der Waals surface area contributed by atoms with Gasteiger partial charge in [0, 0.05) is 24.0 Å². The van der Waals surface area contributed by atoms with Gasteiger partial charge in [-0.25, -0.2) is 14.6 Å². The summed E-state index contributed by atoms with van der Waals surface area (Å²) in [5.41, 5.74) is 0.238. The molecule has 0 unspecified atom stereocenters. The molecule has 0 aromatic carbocycles. The average molecular weight is 274 g/mol. The zero-order valence-corrected chi connectivity index (χ0v) is 11.0. The molecule has 0 spiro atoms. The van der Waals surface area contributed by atoms with Crippen molar-refractivity contribution in [2.45, 2.75) is 19.9 Å². The fourth-order valence-corrected chi connectivity index (χ4v) is 1.60. The van der Waals surface area contributed by atoms with Gasteiger partial charge in [0.1, 0.15) is 0 Å². The third-order valence-corrected chi connectivity index (χ3v) is 2.53. The van der Waals surface area contributed by atoms with Gasteiger partial charge in [-0.2, -0.15) is 5.10 Å². The van der Waals surface area contributed by atoms with Crippen molar-refractivity contribution in [1.29, 1.82) is 0 Å². The predicted octanol–water partition coefficient (Wildman–Crippen LogP) is 0.653. The van der Waals surface area contributed by atoms with E-state index in [0.29, 0.717) is 18.0 Å². The second-order valence-electron chi connectivity index (χ2n) is 3.93. The van der Waals surface area contributed by atoms with Crippen LogP contribution in [-0.2, 0) is 16.1 Å². The average Bonchev–Trinajstić information content (AvgIpc) is 2.47. The van der Waals surface area contributed by atoms with Gasteiger partial charge in [-0.05, 0) is 13.0 Å². The first-order valence-electron chi connectivity index (χ1n) is 6.21. The molecule has 0 radical (unpaired) electrons. The van der Waals surface area contributed by atoms with E-state index in [0.717, 1.165) is 0 Å². The molecule has 2 rings (SSSR count). The van der Waals surface area contributed by atoms with Crippen LogP contribution in [0.4, 0.5) is 0 Å². The number of hydrogen-bond acceptors (Lipinski definition) is 6. The third kappa shape index (κ3) is 3.47. The zero-order valence-electron chi connectivity index (χ0n) is 11.0. The lowest BCUT2D eigenvalue weighted by Crippen LogP contribution is -2.24. The minimum Gasteiger partial charge on any atom is -0.466 e. The standard InChI is InChI=1S/C13H14N4O3/c1-2-20-12(19)4-7-17-11(18)8-10(9-16-17)13-14-5-3-6-15-13/h3,5-6,8-9H,2,4,7H2,1H3. The molecule has 2 aromatic heterocycles. The van der Waals surface area contributed by atoms with Crippen molar-refractivity contribution in [3.63, 3.8) is 0 Å². The fraction of sp³-hybridized carbons (Fsp3) is 0.308. The van der Waals surface area contributed by atoms with Gasteiger partial charge in [0.15, 0.2) is 5.82 Å². The largest absolute Gasteiger partial charge is 0.466 e. The second kappa shape index (κ2) is 6.55. The van der Waals surface area contributed by atoms with Gasteiger partial charge in [0.25, 0.3) is 5.56 Å². The number of aryl methyl sites for hydroxylation is 1. The number of aromatic nitrogens is 4. The fourth-order valence-electron chi connectivity index (χ4n) is 1.60. The SMILES string of the molecule is CCOC(=O)CCn1ncc(-c2ncccn2)cc1=O. The lowest BCUT2D eigenvalue weighted by atomic mass is 10.3. The van der Waals surface area contributed by atoms with Crippen molar-refractivity contribution < 1.29 is 9.53 Å². The minimum absolute atomic E-state index is 0.113. The maximum Gasteiger partial charge on any atom is 0.307 e. The van der Waals surface area contributed by atoms with E-state index in [1.807, 2.05) is 0 Å². The Labute approximate surface area is 115 Å². The maximum atomic E-state index is 11.9. The van der Waals surface area contributed by atoms with E-state index in [9.17, 15) is 9.59 Å². The summed E-state index contributed by atoms with van der Waals surface area (Å²) in [6.45, 7) is 2.25. The molecule has 0 saturated carbocycles. The van der Waals surface area contributed by atoms with Crippen molar-refractivity contribution in [3.05, 3.63) is 41.1 Å². The third-order valence-electron chi connectivity index (χ3n) is 2.53. The van der Waals surface area contributed by atoms with E-state index in [-0.39, 0.29) is 24.5 Å². The molecule has 0 bridgehead atoms. The van der Waals surface area contributed by atoms with Crippen LogP contribution in [0, 0.1) is 0 Å². The van der Waals surface area contributed by atoms with Crippen LogP contribution in [0.25, 0.3) is 11.4 Å². The van der Waals surface area contributed by atoms with Gasteiger partial charge < -0.3 is 4.74 Å². The lowest BCUT2D eigenvalue weighted by molar-refractivity contribution is -0.143. The molecule has 0 saturated heterocycles. The van der Waals surface area contributed by atoms with Gasteiger partial charge in [0.2, 0.25) is 0 Å². The van der Waals surface area contributed by atoms with Crippen molar-refractivity contribution in [2.75, 3.05) is 6.61 Å². The number of nitrogens with zero attached hydrogens (tertiary/aromatic N) is 4. The summed E-state index contributed by atoms with van der Waals surface area (Å²) in [5.74, 6) is 0.0892. The lowest BCUT2D eigenvalue weighted by Gasteiger charge is -2.05. The number of carbonyl (C=O) groups excluding carboxylic acids is 1. The summed E-state index contributed by atoms with van der Waals surface area (Å²) in [4.78, 5) is 31.2. The summed E-state index contributed by atoms with van der Waals surface area (Å²) < 4.78 is 6.01. The first kappa shape index (κ1) is 13.9. The Bertz CT molecular complexity index is 640. The van der Waals surface area contributed by atoms with Crippen molar-refractivity contribution in [2.24, 2.45) is 0 Å². The van der Waals surface area contributed by atoms with Crippen LogP contribution in [0.15, 0.2) is 35.5 Å². The van der Waals surface area contributed by atoms with E-state index in [1.165, 1.54) is 16.9 Å². The van der Waals surface area contributed by atoms with Crippen LogP contribution in [0.1, 0.15) is 13.3 Å². The Balaban J connectivity index is 2.11. The molecule has 7 heteroatoms. The molecule has 0 aliphatic rings. The summed E-state index contributed by atoms with van der Waals surface area (Å²) in [7, 11) is 0. The zero-order chi connectivity index (χ0) is 14.4. The molecular formula is C13H14N4O3. The monoisotopic (exact) mass is 274 g/mol. The first-order valence-corrected chi connectivity index (χ1v) is 6.21.